The molecule has 1 fully saturated rings. The van der Waals surface area contributed by atoms with Crippen LogP contribution in [0.2, 0.25) is 0 Å². The first kappa shape index (κ1) is 17.0. The number of hydrogen-bond acceptors (Lipinski definition) is 5. The fraction of sp³-hybridized carbons (Fsp3) is 0.450. The zero-order valence-electron chi connectivity index (χ0n) is 15.6. The number of fused-ring (bicyclic) bond motifs is 1. The van der Waals surface area contributed by atoms with E-state index in [1.165, 1.54) is 0 Å². The van der Waals surface area contributed by atoms with Gasteiger partial charge in [-0.15, -0.1) is 0 Å². The summed E-state index contributed by atoms with van der Waals surface area (Å²) in [5, 5.41) is 3.23. The van der Waals surface area contributed by atoms with Crippen LogP contribution in [0.25, 0.3) is 0 Å². The molecule has 136 valence electrons. The van der Waals surface area contributed by atoms with Crippen LogP contribution < -0.4 is 5.32 Å². The predicted octanol–water partition coefficient (Wildman–Crippen LogP) is 2.75. The van der Waals surface area contributed by atoms with E-state index in [-0.39, 0.29) is 11.4 Å². The van der Waals surface area contributed by atoms with Gasteiger partial charge in [-0.2, -0.15) is 0 Å². The van der Waals surface area contributed by atoms with Gasteiger partial charge in [0.15, 0.2) is 0 Å². The lowest BCUT2D eigenvalue weighted by molar-refractivity contribution is -0.138. The van der Waals surface area contributed by atoms with Gasteiger partial charge < -0.3 is 15.1 Å². The number of likely N-dealkylation sites (tertiary alicyclic amines) is 1. The highest BCUT2D eigenvalue weighted by molar-refractivity contribution is 5.78. The van der Waals surface area contributed by atoms with E-state index in [0.29, 0.717) is 24.8 Å². The lowest BCUT2D eigenvalue weighted by atomic mass is 9.93. The van der Waals surface area contributed by atoms with E-state index >= 15 is 0 Å². The molecule has 1 amide bonds. The van der Waals surface area contributed by atoms with Crippen LogP contribution in [-0.2, 0) is 16.9 Å². The standard InChI is InChI=1S/C20H25N5O/c1-20(2)16-10-21-19(22-15-7-5-4-6-8-15)23-17(16)13-25(20)18(26)9-14-11-24(3)12-14/h4-8,10,14H,9,11-13H2,1-3H3,(H,21,22,23). The third-order valence-corrected chi connectivity index (χ3v) is 5.44. The Labute approximate surface area is 154 Å². The summed E-state index contributed by atoms with van der Waals surface area (Å²) < 4.78 is 0. The van der Waals surface area contributed by atoms with Crippen molar-refractivity contribution in [2.75, 3.05) is 25.5 Å². The van der Waals surface area contributed by atoms with E-state index in [1.807, 2.05) is 41.4 Å². The van der Waals surface area contributed by atoms with E-state index in [9.17, 15) is 4.79 Å². The predicted molar refractivity (Wildman–Crippen MR) is 101 cm³/mol. The van der Waals surface area contributed by atoms with E-state index in [2.05, 4.69) is 41.1 Å². The molecule has 2 aliphatic rings. The minimum atomic E-state index is -0.368. The average Bonchev–Trinajstić information content (AvgIpc) is 2.85. The van der Waals surface area contributed by atoms with Crippen LogP contribution in [0.4, 0.5) is 11.6 Å². The molecule has 6 nitrogen and oxygen atoms in total. The van der Waals surface area contributed by atoms with Gasteiger partial charge in [-0.3, -0.25) is 4.79 Å². The summed E-state index contributed by atoms with van der Waals surface area (Å²) in [6.45, 7) is 6.74. The van der Waals surface area contributed by atoms with Crippen molar-refractivity contribution < 1.29 is 4.79 Å². The molecule has 2 aliphatic heterocycles. The highest BCUT2D eigenvalue weighted by atomic mass is 16.2. The SMILES string of the molecule is CN1CC(CC(=O)N2Cc3nc(Nc4ccccc4)ncc3C2(C)C)C1. The normalized spacial score (nSPS) is 19.1. The summed E-state index contributed by atoms with van der Waals surface area (Å²) in [6.07, 6.45) is 2.47. The number of aromatic nitrogens is 2. The molecule has 0 spiro atoms. The Hall–Kier alpha value is -2.47. The smallest absolute Gasteiger partial charge is 0.227 e. The molecule has 3 heterocycles. The van der Waals surface area contributed by atoms with Crippen LogP contribution in [0.5, 0.6) is 0 Å². The molecule has 0 saturated carbocycles. The van der Waals surface area contributed by atoms with Crippen molar-refractivity contribution >= 4 is 17.5 Å². The van der Waals surface area contributed by atoms with Crippen LogP contribution in [0.1, 0.15) is 31.5 Å². The molecule has 1 aromatic heterocycles. The zero-order valence-corrected chi connectivity index (χ0v) is 15.6. The highest BCUT2D eigenvalue weighted by Crippen LogP contribution is 2.39. The van der Waals surface area contributed by atoms with Gasteiger partial charge in [0.05, 0.1) is 17.8 Å². The molecule has 0 atom stereocenters. The number of benzene rings is 1. The number of carbonyl (C=O) groups excluding carboxylic acids is 1. The minimum Gasteiger partial charge on any atom is -0.327 e. The van der Waals surface area contributed by atoms with Gasteiger partial charge >= 0.3 is 0 Å². The average molecular weight is 351 g/mol. The molecule has 1 saturated heterocycles. The van der Waals surface area contributed by atoms with Crippen LogP contribution >= 0.6 is 0 Å². The van der Waals surface area contributed by atoms with Crippen LogP contribution in [-0.4, -0.2) is 45.8 Å². The second-order valence-corrected chi connectivity index (χ2v) is 7.88. The Kier molecular flexibility index (Phi) is 4.15. The maximum Gasteiger partial charge on any atom is 0.227 e. The Morgan fingerprint density at radius 2 is 2.00 bits per heavy atom. The molecule has 2 aromatic rings. The molecule has 0 bridgehead atoms. The van der Waals surface area contributed by atoms with Crippen molar-refractivity contribution in [2.24, 2.45) is 5.92 Å². The third kappa shape index (κ3) is 3.05. The number of rotatable bonds is 4. The Morgan fingerprint density at radius 1 is 1.27 bits per heavy atom. The van der Waals surface area contributed by atoms with Crippen LogP contribution in [0.15, 0.2) is 36.5 Å². The maximum atomic E-state index is 12.9. The van der Waals surface area contributed by atoms with Crippen molar-refractivity contribution in [3.8, 4) is 0 Å². The van der Waals surface area contributed by atoms with Crippen LogP contribution in [0, 0.1) is 5.92 Å². The van der Waals surface area contributed by atoms with Gasteiger partial charge in [-0.1, -0.05) is 18.2 Å². The van der Waals surface area contributed by atoms with Crippen LogP contribution in [0.3, 0.4) is 0 Å². The largest absolute Gasteiger partial charge is 0.327 e. The molecule has 6 heteroatoms. The monoisotopic (exact) mass is 351 g/mol. The summed E-state index contributed by atoms with van der Waals surface area (Å²) in [6, 6.07) is 9.87. The first-order valence-corrected chi connectivity index (χ1v) is 9.11. The van der Waals surface area contributed by atoms with Crippen molar-refractivity contribution in [1.29, 1.82) is 0 Å². The van der Waals surface area contributed by atoms with Gasteiger partial charge in [0.2, 0.25) is 11.9 Å². The van der Waals surface area contributed by atoms with E-state index < -0.39 is 0 Å². The second kappa shape index (κ2) is 6.36. The van der Waals surface area contributed by atoms with Gasteiger partial charge in [0.1, 0.15) is 0 Å². The van der Waals surface area contributed by atoms with Gasteiger partial charge in [0.25, 0.3) is 0 Å². The first-order chi connectivity index (χ1) is 12.4. The molecular formula is C20H25N5O. The first-order valence-electron chi connectivity index (χ1n) is 9.11. The Balaban J connectivity index is 1.51. The summed E-state index contributed by atoms with van der Waals surface area (Å²) in [5.74, 6) is 1.26. The quantitative estimate of drug-likeness (QED) is 0.918. The number of carbonyl (C=O) groups is 1. The molecule has 1 aromatic carbocycles. The number of nitrogens with one attached hydrogen (secondary N) is 1. The molecule has 0 unspecified atom stereocenters. The number of amides is 1. The topological polar surface area (TPSA) is 61.4 Å². The summed E-state index contributed by atoms with van der Waals surface area (Å²) in [4.78, 5) is 26.2. The molecular weight excluding hydrogens is 326 g/mol. The van der Waals surface area contributed by atoms with E-state index in [4.69, 9.17) is 0 Å². The van der Waals surface area contributed by atoms with Crippen molar-refractivity contribution in [2.45, 2.75) is 32.4 Å². The molecule has 4 rings (SSSR count). The summed E-state index contributed by atoms with van der Waals surface area (Å²) in [7, 11) is 2.09. The highest BCUT2D eigenvalue weighted by Gasteiger charge is 2.42. The number of para-hydroxylation sites is 1. The van der Waals surface area contributed by atoms with Gasteiger partial charge in [-0.05, 0) is 38.9 Å². The zero-order chi connectivity index (χ0) is 18.3. The molecule has 26 heavy (non-hydrogen) atoms. The lowest BCUT2D eigenvalue weighted by Crippen LogP contribution is -2.48. The molecule has 1 N–H and O–H groups in total. The summed E-state index contributed by atoms with van der Waals surface area (Å²) >= 11 is 0. The summed E-state index contributed by atoms with van der Waals surface area (Å²) in [5.41, 5.74) is 2.55. The minimum absolute atomic E-state index is 0.212. The Morgan fingerprint density at radius 3 is 2.69 bits per heavy atom. The number of nitrogens with zero attached hydrogens (tertiary/aromatic N) is 4. The number of hydrogen-bond donors (Lipinski definition) is 1. The van der Waals surface area contributed by atoms with Gasteiger partial charge in [-0.25, -0.2) is 9.97 Å². The fourth-order valence-corrected chi connectivity index (χ4v) is 3.97. The number of anilines is 2. The van der Waals surface area contributed by atoms with E-state index in [0.717, 1.165) is 30.0 Å². The molecule has 0 radical (unpaired) electrons. The van der Waals surface area contributed by atoms with Crippen molar-refractivity contribution in [3.05, 3.63) is 47.8 Å². The van der Waals surface area contributed by atoms with Crippen molar-refractivity contribution in [3.63, 3.8) is 0 Å². The maximum absolute atomic E-state index is 12.9. The van der Waals surface area contributed by atoms with E-state index in [1.54, 1.807) is 0 Å². The van der Waals surface area contributed by atoms with Gasteiger partial charge in [0, 0.05) is 37.0 Å². The molecule has 0 aliphatic carbocycles. The lowest BCUT2D eigenvalue weighted by Gasteiger charge is -2.38. The Bertz CT molecular complexity index is 814. The third-order valence-electron chi connectivity index (χ3n) is 5.44. The second-order valence-electron chi connectivity index (χ2n) is 7.88. The van der Waals surface area contributed by atoms with Crippen molar-refractivity contribution in [1.82, 2.24) is 19.8 Å². The fourth-order valence-electron chi connectivity index (χ4n) is 3.97.